The molecule has 1 saturated heterocycles. The molecule has 0 unspecified atom stereocenters. The number of anilines is 1. The molecule has 1 fully saturated rings. The van der Waals surface area contributed by atoms with E-state index in [9.17, 15) is 14.9 Å². The van der Waals surface area contributed by atoms with Crippen molar-refractivity contribution in [3.63, 3.8) is 0 Å². The number of amides is 1. The molecule has 1 aliphatic heterocycles. The second-order valence-electron chi connectivity index (χ2n) is 6.29. The summed E-state index contributed by atoms with van der Waals surface area (Å²) in [6.07, 6.45) is 3.86. The van der Waals surface area contributed by atoms with Gasteiger partial charge in [-0.2, -0.15) is 0 Å². The lowest BCUT2D eigenvalue weighted by atomic mass is 10.1. The van der Waals surface area contributed by atoms with Gasteiger partial charge in [-0.25, -0.2) is 0 Å². The van der Waals surface area contributed by atoms with E-state index in [1.54, 1.807) is 0 Å². The Morgan fingerprint density at radius 3 is 2.24 bits per heavy atom. The molecule has 25 heavy (non-hydrogen) atoms. The van der Waals surface area contributed by atoms with Crippen molar-refractivity contribution in [2.45, 2.75) is 25.8 Å². The molecule has 6 nitrogen and oxygen atoms in total. The zero-order valence-electron chi connectivity index (χ0n) is 14.0. The number of nitro benzene ring substituents is 1. The van der Waals surface area contributed by atoms with Gasteiger partial charge in [-0.05, 0) is 55.8 Å². The van der Waals surface area contributed by atoms with E-state index in [0.29, 0.717) is 11.3 Å². The molecule has 0 spiro atoms. The van der Waals surface area contributed by atoms with E-state index in [2.05, 4.69) is 10.2 Å². The van der Waals surface area contributed by atoms with E-state index >= 15 is 0 Å². The molecule has 0 aromatic heterocycles. The normalized spacial score (nSPS) is 14.9. The van der Waals surface area contributed by atoms with Crippen LogP contribution in [0.5, 0.6) is 0 Å². The van der Waals surface area contributed by atoms with Gasteiger partial charge in [0, 0.05) is 29.9 Å². The van der Waals surface area contributed by atoms with Crippen LogP contribution < -0.4 is 5.32 Å². The summed E-state index contributed by atoms with van der Waals surface area (Å²) in [5.41, 5.74) is 2.31. The van der Waals surface area contributed by atoms with Crippen LogP contribution in [0.4, 0.5) is 11.4 Å². The quantitative estimate of drug-likeness (QED) is 0.663. The number of nitrogens with zero attached hydrogens (tertiary/aromatic N) is 2. The third-order valence-electron chi connectivity index (χ3n) is 4.41. The maximum absolute atomic E-state index is 12.2. The fourth-order valence-corrected chi connectivity index (χ4v) is 3.01. The Balaban J connectivity index is 1.58. The van der Waals surface area contributed by atoms with Crippen molar-refractivity contribution in [2.24, 2.45) is 0 Å². The number of carbonyl (C=O) groups excluding carboxylic acids is 1. The van der Waals surface area contributed by atoms with Crippen LogP contribution in [0, 0.1) is 10.1 Å². The van der Waals surface area contributed by atoms with Gasteiger partial charge in [0.1, 0.15) is 0 Å². The van der Waals surface area contributed by atoms with E-state index in [0.717, 1.165) is 19.6 Å². The van der Waals surface area contributed by atoms with E-state index in [1.165, 1.54) is 49.1 Å². The Morgan fingerprint density at radius 2 is 1.64 bits per heavy atom. The highest BCUT2D eigenvalue weighted by Crippen LogP contribution is 2.17. The van der Waals surface area contributed by atoms with Gasteiger partial charge in [0.25, 0.3) is 11.6 Å². The van der Waals surface area contributed by atoms with Crippen molar-refractivity contribution in [1.29, 1.82) is 0 Å². The molecule has 6 heteroatoms. The molecule has 2 aromatic carbocycles. The van der Waals surface area contributed by atoms with Crippen molar-refractivity contribution in [1.82, 2.24) is 4.90 Å². The lowest BCUT2D eigenvalue weighted by Crippen LogP contribution is -2.29. The maximum atomic E-state index is 12.2. The number of nitrogens with one attached hydrogen (secondary N) is 1. The Labute approximate surface area is 146 Å². The summed E-state index contributed by atoms with van der Waals surface area (Å²) in [6, 6.07) is 13.4. The number of likely N-dealkylation sites (tertiary alicyclic amines) is 1. The lowest BCUT2D eigenvalue weighted by Gasteiger charge is -2.26. The monoisotopic (exact) mass is 339 g/mol. The molecule has 1 N–H and O–H groups in total. The van der Waals surface area contributed by atoms with E-state index < -0.39 is 4.92 Å². The third-order valence-corrected chi connectivity index (χ3v) is 4.41. The first-order valence-corrected chi connectivity index (χ1v) is 8.49. The van der Waals surface area contributed by atoms with E-state index in [4.69, 9.17) is 0 Å². The molecule has 1 aliphatic rings. The first-order valence-electron chi connectivity index (χ1n) is 8.49. The van der Waals surface area contributed by atoms with E-state index in [1.807, 2.05) is 24.3 Å². The number of rotatable bonds is 5. The van der Waals surface area contributed by atoms with Crippen LogP contribution in [0.3, 0.4) is 0 Å². The first-order chi connectivity index (χ1) is 12.1. The Bertz CT molecular complexity index is 736. The zero-order valence-corrected chi connectivity index (χ0v) is 14.0. The van der Waals surface area contributed by atoms with Crippen LogP contribution in [-0.4, -0.2) is 28.8 Å². The van der Waals surface area contributed by atoms with Gasteiger partial charge in [-0.1, -0.05) is 18.6 Å². The number of piperidine rings is 1. The summed E-state index contributed by atoms with van der Waals surface area (Å²) in [4.78, 5) is 24.8. The summed E-state index contributed by atoms with van der Waals surface area (Å²) >= 11 is 0. The average molecular weight is 339 g/mol. The van der Waals surface area contributed by atoms with Crippen LogP contribution in [0.1, 0.15) is 35.2 Å². The minimum absolute atomic E-state index is 0.0291. The first kappa shape index (κ1) is 17.1. The number of hydrogen-bond donors (Lipinski definition) is 1. The van der Waals surface area contributed by atoms with Gasteiger partial charge < -0.3 is 5.32 Å². The van der Waals surface area contributed by atoms with Gasteiger partial charge in [-0.3, -0.25) is 19.8 Å². The fraction of sp³-hybridized carbons (Fsp3) is 0.316. The highest BCUT2D eigenvalue weighted by Gasteiger charge is 2.11. The highest BCUT2D eigenvalue weighted by molar-refractivity contribution is 6.04. The molecule has 130 valence electrons. The summed E-state index contributed by atoms with van der Waals surface area (Å²) in [6.45, 7) is 3.24. The lowest BCUT2D eigenvalue weighted by molar-refractivity contribution is -0.384. The summed E-state index contributed by atoms with van der Waals surface area (Å²) in [5.74, 6) is -0.279. The minimum atomic E-state index is -0.483. The zero-order chi connectivity index (χ0) is 17.6. The van der Waals surface area contributed by atoms with Crippen molar-refractivity contribution in [3.8, 4) is 0 Å². The van der Waals surface area contributed by atoms with Crippen LogP contribution in [-0.2, 0) is 6.54 Å². The molecule has 1 amide bonds. The fourth-order valence-electron chi connectivity index (χ4n) is 3.01. The van der Waals surface area contributed by atoms with Crippen LogP contribution >= 0.6 is 0 Å². The Morgan fingerprint density at radius 1 is 1.00 bits per heavy atom. The second-order valence-corrected chi connectivity index (χ2v) is 6.29. The van der Waals surface area contributed by atoms with Crippen LogP contribution in [0.15, 0.2) is 48.5 Å². The number of hydrogen-bond acceptors (Lipinski definition) is 4. The predicted molar refractivity (Wildman–Crippen MR) is 96.6 cm³/mol. The Kier molecular flexibility index (Phi) is 5.40. The van der Waals surface area contributed by atoms with Crippen molar-refractivity contribution in [2.75, 3.05) is 18.4 Å². The number of nitro groups is 1. The van der Waals surface area contributed by atoms with Crippen LogP contribution in [0.25, 0.3) is 0 Å². The van der Waals surface area contributed by atoms with Crippen molar-refractivity contribution < 1.29 is 9.72 Å². The Hall–Kier alpha value is -2.73. The molecular formula is C19H21N3O3. The third kappa shape index (κ3) is 4.64. The standard InChI is InChI=1S/C19H21N3O3/c23-19(16-6-10-18(11-7-16)22(24)25)20-17-8-4-15(5-9-17)14-21-12-2-1-3-13-21/h4-11H,1-3,12-14H2,(H,20,23). The maximum Gasteiger partial charge on any atom is 0.269 e. The summed E-state index contributed by atoms with van der Waals surface area (Å²) in [5, 5.41) is 13.5. The average Bonchev–Trinajstić information content (AvgIpc) is 2.64. The topological polar surface area (TPSA) is 75.5 Å². The van der Waals surface area contributed by atoms with Gasteiger partial charge in [0.05, 0.1) is 4.92 Å². The number of carbonyl (C=O) groups is 1. The molecule has 0 aliphatic carbocycles. The molecule has 1 heterocycles. The van der Waals surface area contributed by atoms with Gasteiger partial charge in [-0.15, -0.1) is 0 Å². The molecular weight excluding hydrogens is 318 g/mol. The smallest absolute Gasteiger partial charge is 0.269 e. The molecule has 0 atom stereocenters. The molecule has 0 saturated carbocycles. The predicted octanol–water partition coefficient (Wildman–Crippen LogP) is 3.83. The van der Waals surface area contributed by atoms with Crippen molar-refractivity contribution >= 4 is 17.3 Å². The molecule has 0 bridgehead atoms. The van der Waals surface area contributed by atoms with Crippen LogP contribution in [0.2, 0.25) is 0 Å². The highest BCUT2D eigenvalue weighted by atomic mass is 16.6. The molecule has 3 rings (SSSR count). The SMILES string of the molecule is O=C(Nc1ccc(CN2CCCCC2)cc1)c1ccc([N+](=O)[O-])cc1. The van der Waals surface area contributed by atoms with E-state index in [-0.39, 0.29) is 11.6 Å². The number of non-ortho nitro benzene ring substituents is 1. The minimum Gasteiger partial charge on any atom is -0.322 e. The van der Waals surface area contributed by atoms with Gasteiger partial charge >= 0.3 is 0 Å². The van der Waals surface area contributed by atoms with Crippen molar-refractivity contribution in [3.05, 3.63) is 69.8 Å². The van der Waals surface area contributed by atoms with Gasteiger partial charge in [0.15, 0.2) is 0 Å². The largest absolute Gasteiger partial charge is 0.322 e. The molecule has 2 aromatic rings. The number of benzene rings is 2. The summed E-state index contributed by atoms with van der Waals surface area (Å²) in [7, 11) is 0. The summed E-state index contributed by atoms with van der Waals surface area (Å²) < 4.78 is 0. The second kappa shape index (κ2) is 7.90. The molecule has 0 radical (unpaired) electrons. The van der Waals surface area contributed by atoms with Gasteiger partial charge in [0.2, 0.25) is 0 Å².